The molecule has 1 N–H and O–H groups in total. The molecule has 0 bridgehead atoms. The van der Waals surface area contributed by atoms with Gasteiger partial charge in [0.25, 0.3) is 17.7 Å². The van der Waals surface area contributed by atoms with Gasteiger partial charge in [-0.1, -0.05) is 48.0 Å². The van der Waals surface area contributed by atoms with Gasteiger partial charge in [0.2, 0.25) is 5.54 Å². The molecule has 2 amide bonds. The zero-order valence-corrected chi connectivity index (χ0v) is 20.4. The zero-order valence-electron chi connectivity index (χ0n) is 19.6. The number of aromatic nitrogens is 1. The number of hydrogen-bond acceptors (Lipinski definition) is 3. The fraction of sp³-hybridized carbons (Fsp3) is 0.179. The van der Waals surface area contributed by atoms with Gasteiger partial charge >= 0.3 is 0 Å². The molecule has 7 heteroatoms. The van der Waals surface area contributed by atoms with Crippen molar-refractivity contribution in [3.05, 3.63) is 100 Å². The Morgan fingerprint density at radius 1 is 0.943 bits per heavy atom. The van der Waals surface area contributed by atoms with Crippen molar-refractivity contribution in [1.29, 1.82) is 0 Å². The summed E-state index contributed by atoms with van der Waals surface area (Å²) in [6.07, 6.45) is 0. The highest BCUT2D eigenvalue weighted by molar-refractivity contribution is 6.32. The first-order valence-electron chi connectivity index (χ1n) is 11.3. The molecular formula is C28H24ClN3O3. The van der Waals surface area contributed by atoms with Gasteiger partial charge in [0.15, 0.2) is 0 Å². The molecule has 1 aliphatic heterocycles. The van der Waals surface area contributed by atoms with Crippen molar-refractivity contribution in [3.63, 3.8) is 0 Å². The van der Waals surface area contributed by atoms with E-state index in [0.29, 0.717) is 21.6 Å². The third kappa shape index (κ3) is 3.61. The SMILES string of the molecule is Cc1ccc(N2C(=O)c3cc4cc(Cl)ccc4n3C(=O)[C@@]2(C)C(=O)NCc2ccccc2)cc1C. The van der Waals surface area contributed by atoms with E-state index in [1.807, 2.05) is 56.3 Å². The molecule has 0 spiro atoms. The van der Waals surface area contributed by atoms with Crippen molar-refractivity contribution < 1.29 is 14.4 Å². The molecule has 1 atom stereocenters. The summed E-state index contributed by atoms with van der Waals surface area (Å²) in [6, 6.07) is 21.6. The second-order valence-corrected chi connectivity index (χ2v) is 9.46. The normalized spacial score (nSPS) is 17.5. The Morgan fingerprint density at radius 2 is 1.69 bits per heavy atom. The van der Waals surface area contributed by atoms with Gasteiger partial charge in [-0.15, -0.1) is 0 Å². The molecule has 6 nitrogen and oxygen atoms in total. The van der Waals surface area contributed by atoms with E-state index >= 15 is 0 Å². The average molecular weight is 486 g/mol. The number of hydrogen-bond donors (Lipinski definition) is 1. The van der Waals surface area contributed by atoms with Crippen LogP contribution in [0.15, 0.2) is 72.8 Å². The standard InChI is InChI=1S/C28H24ClN3O3/c1-17-9-11-22(13-18(17)2)32-25(33)24-15-20-14-21(29)10-12-23(20)31(24)27(35)28(32,3)26(34)30-16-19-7-5-4-6-8-19/h4-15H,16H2,1-3H3,(H,30,34)/t28-/m1/s1. The minimum absolute atomic E-state index is 0.193. The number of halogens is 1. The highest BCUT2D eigenvalue weighted by Gasteiger charge is 2.55. The lowest BCUT2D eigenvalue weighted by Gasteiger charge is -2.42. The highest BCUT2D eigenvalue weighted by Crippen LogP contribution is 2.37. The summed E-state index contributed by atoms with van der Waals surface area (Å²) in [6.45, 7) is 5.64. The van der Waals surface area contributed by atoms with Crippen molar-refractivity contribution in [3.8, 4) is 0 Å². The molecule has 5 rings (SSSR count). The summed E-state index contributed by atoms with van der Waals surface area (Å²) in [5.74, 6) is -1.50. The van der Waals surface area contributed by atoms with E-state index in [2.05, 4.69) is 5.32 Å². The quantitative estimate of drug-likeness (QED) is 0.399. The lowest BCUT2D eigenvalue weighted by Crippen LogP contribution is -2.68. The summed E-state index contributed by atoms with van der Waals surface area (Å²) >= 11 is 6.16. The van der Waals surface area contributed by atoms with Crippen LogP contribution in [0.4, 0.5) is 5.69 Å². The molecule has 0 radical (unpaired) electrons. The van der Waals surface area contributed by atoms with Crippen LogP contribution in [-0.4, -0.2) is 27.8 Å². The van der Waals surface area contributed by atoms with Crippen molar-refractivity contribution in [2.75, 3.05) is 4.90 Å². The van der Waals surface area contributed by atoms with Gasteiger partial charge in [0, 0.05) is 22.6 Å². The van der Waals surface area contributed by atoms with Crippen LogP contribution in [0.2, 0.25) is 5.02 Å². The summed E-state index contributed by atoms with van der Waals surface area (Å²) < 4.78 is 1.34. The van der Waals surface area contributed by atoms with Crippen molar-refractivity contribution in [2.45, 2.75) is 32.9 Å². The Bertz CT molecular complexity index is 1510. The molecule has 0 unspecified atom stereocenters. The van der Waals surface area contributed by atoms with Crippen LogP contribution in [0.3, 0.4) is 0 Å². The second-order valence-electron chi connectivity index (χ2n) is 9.02. The third-order valence-corrected chi connectivity index (χ3v) is 6.97. The molecule has 0 saturated carbocycles. The minimum atomic E-state index is -1.81. The summed E-state index contributed by atoms with van der Waals surface area (Å²) in [5.41, 5.74) is 2.28. The van der Waals surface area contributed by atoms with Crippen LogP contribution in [0, 0.1) is 13.8 Å². The number of nitrogens with one attached hydrogen (secondary N) is 1. The van der Waals surface area contributed by atoms with E-state index in [9.17, 15) is 14.4 Å². The van der Waals surface area contributed by atoms with Crippen LogP contribution in [0.1, 0.15) is 38.9 Å². The van der Waals surface area contributed by atoms with Crippen molar-refractivity contribution >= 4 is 45.9 Å². The maximum atomic E-state index is 14.1. The summed E-state index contributed by atoms with van der Waals surface area (Å²) in [7, 11) is 0. The minimum Gasteiger partial charge on any atom is -0.350 e. The maximum absolute atomic E-state index is 14.1. The van der Waals surface area contributed by atoms with E-state index in [1.54, 1.807) is 30.3 Å². The predicted molar refractivity (Wildman–Crippen MR) is 137 cm³/mol. The molecule has 176 valence electrons. The third-order valence-electron chi connectivity index (χ3n) is 6.74. The predicted octanol–water partition coefficient (Wildman–Crippen LogP) is 5.29. The molecule has 0 fully saturated rings. The molecule has 1 aromatic heterocycles. The van der Waals surface area contributed by atoms with Crippen LogP contribution < -0.4 is 10.2 Å². The van der Waals surface area contributed by atoms with Gasteiger partial charge < -0.3 is 5.32 Å². The van der Waals surface area contributed by atoms with Gasteiger partial charge in [0.05, 0.1) is 5.52 Å². The first-order valence-corrected chi connectivity index (χ1v) is 11.7. The van der Waals surface area contributed by atoms with Crippen molar-refractivity contribution in [2.24, 2.45) is 0 Å². The van der Waals surface area contributed by atoms with Gasteiger partial charge in [0.1, 0.15) is 5.69 Å². The average Bonchev–Trinajstić information content (AvgIpc) is 3.23. The number of carbonyl (C=O) groups excluding carboxylic acids is 3. The second kappa shape index (κ2) is 8.40. The number of aryl methyl sites for hydroxylation is 2. The van der Waals surface area contributed by atoms with Crippen LogP contribution >= 0.6 is 11.6 Å². The maximum Gasteiger partial charge on any atom is 0.276 e. The summed E-state index contributed by atoms with van der Waals surface area (Å²) in [4.78, 5) is 43.1. The fourth-order valence-electron chi connectivity index (χ4n) is 4.58. The van der Waals surface area contributed by atoms with E-state index in [1.165, 1.54) is 16.4 Å². The fourth-order valence-corrected chi connectivity index (χ4v) is 4.76. The smallest absolute Gasteiger partial charge is 0.276 e. The molecular weight excluding hydrogens is 462 g/mol. The largest absolute Gasteiger partial charge is 0.350 e. The van der Waals surface area contributed by atoms with E-state index in [4.69, 9.17) is 11.6 Å². The Labute approximate surface area is 208 Å². The Hall–Kier alpha value is -3.90. The molecule has 3 aromatic carbocycles. The number of carbonyl (C=O) groups is 3. The van der Waals surface area contributed by atoms with E-state index < -0.39 is 23.3 Å². The first-order chi connectivity index (χ1) is 16.7. The number of benzene rings is 3. The van der Waals surface area contributed by atoms with Crippen LogP contribution in [0.5, 0.6) is 0 Å². The molecule has 35 heavy (non-hydrogen) atoms. The lowest BCUT2D eigenvalue weighted by molar-refractivity contribution is -0.124. The monoisotopic (exact) mass is 485 g/mol. The van der Waals surface area contributed by atoms with E-state index in [0.717, 1.165) is 16.7 Å². The molecule has 1 aliphatic rings. The first kappa shape index (κ1) is 22.9. The Kier molecular flexibility index (Phi) is 5.49. The van der Waals surface area contributed by atoms with Gasteiger partial charge in [-0.05, 0) is 73.9 Å². The van der Waals surface area contributed by atoms with Crippen molar-refractivity contribution in [1.82, 2.24) is 9.88 Å². The highest BCUT2D eigenvalue weighted by atomic mass is 35.5. The van der Waals surface area contributed by atoms with Gasteiger partial charge in [-0.2, -0.15) is 0 Å². The summed E-state index contributed by atoms with van der Waals surface area (Å²) in [5, 5.41) is 4.03. The van der Waals surface area contributed by atoms with Gasteiger partial charge in [-0.25, -0.2) is 0 Å². The van der Waals surface area contributed by atoms with Crippen LogP contribution in [0.25, 0.3) is 10.9 Å². The molecule has 4 aromatic rings. The van der Waals surface area contributed by atoms with E-state index in [-0.39, 0.29) is 12.2 Å². The topological polar surface area (TPSA) is 71.4 Å². The number of fused-ring (bicyclic) bond motifs is 3. The Morgan fingerprint density at radius 3 is 2.40 bits per heavy atom. The van der Waals surface area contributed by atoms with Crippen LogP contribution in [-0.2, 0) is 11.3 Å². The number of rotatable bonds is 4. The molecule has 0 aliphatic carbocycles. The lowest BCUT2D eigenvalue weighted by atomic mass is 9.92. The molecule has 0 saturated heterocycles. The number of amides is 2. The number of anilines is 1. The molecule has 2 heterocycles. The zero-order chi connectivity index (χ0) is 24.9. The van der Waals surface area contributed by atoms with Gasteiger partial charge in [-0.3, -0.25) is 23.9 Å². The Balaban J connectivity index is 1.67. The number of nitrogens with zero attached hydrogens (tertiary/aromatic N) is 2.